The summed E-state index contributed by atoms with van der Waals surface area (Å²) in [5.74, 6) is 0. The fraction of sp³-hybridized carbons (Fsp3) is 1.00. The highest BCUT2D eigenvalue weighted by atomic mass is 28.4. The van der Waals surface area contributed by atoms with Gasteiger partial charge in [-0.2, -0.15) is 0 Å². The molecule has 0 aromatic rings. The van der Waals surface area contributed by atoms with E-state index in [0.29, 0.717) is 51.5 Å². The highest BCUT2D eigenvalue weighted by molar-refractivity contribution is 6.60. The van der Waals surface area contributed by atoms with Crippen LogP contribution in [0.5, 0.6) is 0 Å². The Morgan fingerprint density at radius 3 is 1.72 bits per heavy atom. The van der Waals surface area contributed by atoms with Gasteiger partial charge in [-0.25, -0.2) is 0 Å². The van der Waals surface area contributed by atoms with Crippen LogP contribution in [0.2, 0.25) is 6.04 Å². The number of hydrogen-bond donors (Lipinski definition) is 3. The quantitative estimate of drug-likeness (QED) is 0.357. The normalized spacial score (nSPS) is 13.4. The van der Waals surface area contributed by atoms with Crippen LogP contribution in [0.15, 0.2) is 0 Å². The average molecular weight is 380 g/mol. The van der Waals surface area contributed by atoms with E-state index in [0.717, 1.165) is 6.42 Å². The third kappa shape index (κ3) is 10.0. The van der Waals surface area contributed by atoms with Crippen molar-refractivity contribution in [2.45, 2.75) is 78.4 Å². The van der Waals surface area contributed by atoms with Crippen LogP contribution >= 0.6 is 0 Å². The second-order valence-electron chi connectivity index (χ2n) is 7.62. The van der Waals surface area contributed by atoms with Gasteiger partial charge in [-0.15, -0.1) is 0 Å². The number of hydrogen-bond acceptors (Lipinski definition) is 6. The van der Waals surface area contributed by atoms with Crippen LogP contribution in [0.3, 0.4) is 0 Å². The SMILES string of the molecule is CCO[Si](CCC(C)(C)CN)(OCC)OC(C)(CCCO)CCCO. The summed E-state index contributed by atoms with van der Waals surface area (Å²) in [6.45, 7) is 12.1. The Morgan fingerprint density at radius 2 is 1.36 bits per heavy atom. The van der Waals surface area contributed by atoms with E-state index in [-0.39, 0.29) is 18.6 Å². The second kappa shape index (κ2) is 12.4. The monoisotopic (exact) mass is 379 g/mol. The number of aliphatic hydroxyl groups is 2. The van der Waals surface area contributed by atoms with Gasteiger partial charge in [0.2, 0.25) is 0 Å². The van der Waals surface area contributed by atoms with Gasteiger partial charge in [0.1, 0.15) is 0 Å². The average Bonchev–Trinajstić information content (AvgIpc) is 2.57. The number of aliphatic hydroxyl groups excluding tert-OH is 2. The van der Waals surface area contributed by atoms with Gasteiger partial charge in [0, 0.05) is 32.5 Å². The van der Waals surface area contributed by atoms with E-state index >= 15 is 0 Å². The number of rotatable bonds is 16. The Balaban J connectivity index is 5.36. The topological polar surface area (TPSA) is 94.2 Å². The molecule has 0 heterocycles. The fourth-order valence-corrected chi connectivity index (χ4v) is 6.25. The lowest BCUT2D eigenvalue weighted by molar-refractivity contribution is -0.0360. The Hall–Kier alpha value is -0.0231. The van der Waals surface area contributed by atoms with E-state index < -0.39 is 14.4 Å². The minimum atomic E-state index is -2.88. The van der Waals surface area contributed by atoms with Crippen molar-refractivity contribution in [1.29, 1.82) is 0 Å². The molecular formula is C18H41NO5Si. The predicted molar refractivity (Wildman–Crippen MR) is 103 cm³/mol. The Kier molecular flexibility index (Phi) is 12.4. The molecule has 6 nitrogen and oxygen atoms in total. The van der Waals surface area contributed by atoms with Crippen LogP contribution in [0, 0.1) is 5.41 Å². The van der Waals surface area contributed by atoms with Gasteiger partial charge in [-0.3, -0.25) is 0 Å². The van der Waals surface area contributed by atoms with Crippen molar-refractivity contribution in [3.8, 4) is 0 Å². The molecule has 0 fully saturated rings. The Morgan fingerprint density at radius 1 is 0.880 bits per heavy atom. The van der Waals surface area contributed by atoms with Crippen LogP contribution < -0.4 is 5.73 Å². The van der Waals surface area contributed by atoms with Crippen molar-refractivity contribution in [3.05, 3.63) is 0 Å². The van der Waals surface area contributed by atoms with E-state index in [1.54, 1.807) is 0 Å². The van der Waals surface area contributed by atoms with Crippen molar-refractivity contribution in [3.63, 3.8) is 0 Å². The zero-order valence-electron chi connectivity index (χ0n) is 17.0. The molecule has 0 aromatic carbocycles. The predicted octanol–water partition coefficient (Wildman–Crippen LogP) is 2.69. The molecule has 0 aliphatic carbocycles. The zero-order valence-corrected chi connectivity index (χ0v) is 18.0. The maximum absolute atomic E-state index is 9.23. The highest BCUT2D eigenvalue weighted by Crippen LogP contribution is 2.34. The summed E-state index contributed by atoms with van der Waals surface area (Å²) < 4.78 is 18.8. The highest BCUT2D eigenvalue weighted by Gasteiger charge is 2.47. The second-order valence-corrected chi connectivity index (χ2v) is 10.3. The minimum Gasteiger partial charge on any atom is -0.396 e. The maximum Gasteiger partial charge on any atom is 0.501 e. The number of nitrogens with two attached hydrogens (primary N) is 1. The summed E-state index contributed by atoms with van der Waals surface area (Å²) in [6.07, 6.45) is 3.58. The molecule has 0 unspecified atom stereocenters. The summed E-state index contributed by atoms with van der Waals surface area (Å²) in [7, 11) is -2.88. The van der Waals surface area contributed by atoms with E-state index in [1.807, 2.05) is 20.8 Å². The molecule has 0 aliphatic heterocycles. The van der Waals surface area contributed by atoms with E-state index in [1.165, 1.54) is 0 Å². The van der Waals surface area contributed by atoms with Crippen molar-refractivity contribution in [2.24, 2.45) is 11.1 Å². The molecule has 0 rings (SSSR count). The van der Waals surface area contributed by atoms with Crippen LogP contribution in [0.4, 0.5) is 0 Å². The Bertz CT molecular complexity index is 327. The minimum absolute atomic E-state index is 0.00239. The summed E-state index contributed by atoms with van der Waals surface area (Å²) in [6, 6.07) is 0.715. The van der Waals surface area contributed by atoms with Gasteiger partial charge >= 0.3 is 8.80 Å². The molecule has 0 bridgehead atoms. The first-order chi connectivity index (χ1) is 11.7. The molecule has 0 saturated heterocycles. The molecule has 0 saturated carbocycles. The molecular weight excluding hydrogens is 338 g/mol. The van der Waals surface area contributed by atoms with Crippen LogP contribution in [0.25, 0.3) is 0 Å². The smallest absolute Gasteiger partial charge is 0.396 e. The first-order valence-electron chi connectivity index (χ1n) is 9.62. The van der Waals surface area contributed by atoms with Crippen LogP contribution in [-0.2, 0) is 13.3 Å². The molecule has 0 amide bonds. The summed E-state index contributed by atoms with van der Waals surface area (Å²) in [5.41, 5.74) is 5.40. The molecule has 0 aliphatic rings. The Labute approximate surface area is 155 Å². The molecule has 152 valence electrons. The van der Waals surface area contributed by atoms with Crippen molar-refractivity contribution < 1.29 is 23.5 Å². The molecule has 0 spiro atoms. The van der Waals surface area contributed by atoms with E-state index in [4.69, 9.17) is 19.0 Å². The van der Waals surface area contributed by atoms with E-state index in [2.05, 4.69) is 13.8 Å². The largest absolute Gasteiger partial charge is 0.501 e. The molecule has 0 radical (unpaired) electrons. The van der Waals surface area contributed by atoms with Gasteiger partial charge in [0.05, 0.1) is 5.60 Å². The lowest BCUT2D eigenvalue weighted by Crippen LogP contribution is -2.53. The lowest BCUT2D eigenvalue weighted by atomic mass is 9.91. The van der Waals surface area contributed by atoms with Crippen LogP contribution in [-0.4, -0.2) is 57.6 Å². The van der Waals surface area contributed by atoms with Gasteiger partial charge in [0.15, 0.2) is 0 Å². The summed E-state index contributed by atoms with van der Waals surface area (Å²) >= 11 is 0. The van der Waals surface area contributed by atoms with E-state index in [9.17, 15) is 10.2 Å². The van der Waals surface area contributed by atoms with Gasteiger partial charge in [0.25, 0.3) is 0 Å². The van der Waals surface area contributed by atoms with Crippen LogP contribution in [0.1, 0.15) is 66.7 Å². The molecule has 0 atom stereocenters. The summed E-state index contributed by atoms with van der Waals surface area (Å²) in [4.78, 5) is 0. The van der Waals surface area contributed by atoms with Crippen molar-refractivity contribution in [1.82, 2.24) is 0 Å². The first-order valence-corrected chi connectivity index (χ1v) is 11.5. The fourth-order valence-electron chi connectivity index (χ4n) is 2.84. The summed E-state index contributed by atoms with van der Waals surface area (Å²) in [5, 5.41) is 18.5. The van der Waals surface area contributed by atoms with Gasteiger partial charge in [-0.1, -0.05) is 13.8 Å². The first kappa shape index (κ1) is 25.0. The van der Waals surface area contributed by atoms with Gasteiger partial charge in [-0.05, 0) is 64.8 Å². The van der Waals surface area contributed by atoms with Gasteiger partial charge < -0.3 is 29.2 Å². The maximum atomic E-state index is 9.23. The lowest BCUT2D eigenvalue weighted by Gasteiger charge is -2.40. The van der Waals surface area contributed by atoms with Crippen molar-refractivity contribution in [2.75, 3.05) is 33.0 Å². The zero-order chi connectivity index (χ0) is 19.4. The third-order valence-corrected chi connectivity index (χ3v) is 7.64. The molecule has 25 heavy (non-hydrogen) atoms. The standard InChI is InChI=1S/C18H41NO5Si/c1-6-22-25(23-7-2,15-12-17(3,4)16-19)24-18(5,10-8-13-20)11-9-14-21/h20-21H,6-16,19H2,1-5H3. The molecule has 4 N–H and O–H groups in total. The molecule has 7 heteroatoms. The van der Waals surface area contributed by atoms with Crippen molar-refractivity contribution >= 4 is 8.80 Å². The third-order valence-electron chi connectivity index (χ3n) is 4.52. The molecule has 0 aromatic heterocycles.